The summed E-state index contributed by atoms with van der Waals surface area (Å²) in [7, 11) is 0. The largest absolute Gasteiger partial charge is 0.288 e. The van der Waals surface area contributed by atoms with Gasteiger partial charge in [-0.15, -0.1) is 0 Å². The summed E-state index contributed by atoms with van der Waals surface area (Å²) in [6.07, 6.45) is 0. The van der Waals surface area contributed by atoms with Crippen molar-refractivity contribution in [1.29, 1.82) is 0 Å². The number of hydrogen-bond donors (Lipinski definition) is 0. The van der Waals surface area contributed by atoms with E-state index in [0.717, 1.165) is 5.56 Å². The highest BCUT2D eigenvalue weighted by Gasteiger charge is 2.14. The van der Waals surface area contributed by atoms with Crippen molar-refractivity contribution in [2.75, 3.05) is 0 Å². The van der Waals surface area contributed by atoms with Gasteiger partial charge in [-0.3, -0.25) is 4.99 Å². The van der Waals surface area contributed by atoms with E-state index in [1.54, 1.807) is 0 Å². The van der Waals surface area contributed by atoms with Crippen LogP contribution in [0, 0.1) is 0 Å². The molecule has 0 N–H and O–H groups in total. The van der Waals surface area contributed by atoms with E-state index in [-0.39, 0.29) is 6.04 Å². The summed E-state index contributed by atoms with van der Waals surface area (Å²) >= 11 is 0. The molecule has 0 heterocycles. The van der Waals surface area contributed by atoms with E-state index in [2.05, 4.69) is 103 Å². The van der Waals surface area contributed by atoms with Crippen molar-refractivity contribution >= 4 is 39.0 Å². The van der Waals surface area contributed by atoms with E-state index in [1.165, 1.54) is 37.9 Å². The van der Waals surface area contributed by atoms with Crippen molar-refractivity contribution in [3.63, 3.8) is 0 Å². The third-order valence-electron chi connectivity index (χ3n) is 5.38. The van der Waals surface area contributed by atoms with Gasteiger partial charge >= 0.3 is 0 Å². The maximum atomic E-state index is 4.43. The molecule has 0 aliphatic rings. The van der Waals surface area contributed by atoms with Gasteiger partial charge in [0.15, 0.2) is 0 Å². The molecule has 1 nitrogen and oxygen atoms in total. The van der Waals surface area contributed by atoms with Crippen LogP contribution in [0.15, 0.2) is 102 Å². The molecule has 5 aromatic carbocycles. The molecule has 0 saturated heterocycles. The Morgan fingerprint density at radius 2 is 0.963 bits per heavy atom. The van der Waals surface area contributed by atoms with E-state index in [1.807, 2.05) is 6.07 Å². The molecular weight excluding hydrogens is 326 g/mol. The molecule has 0 amide bonds. The lowest BCUT2D eigenvalue weighted by Crippen LogP contribution is -1.97. The minimum atomic E-state index is -0.0548. The Morgan fingerprint density at radius 1 is 0.481 bits per heavy atom. The molecule has 0 spiro atoms. The van der Waals surface area contributed by atoms with Crippen molar-refractivity contribution < 1.29 is 0 Å². The number of nitrogens with zero attached hydrogens (tertiary/aromatic N) is 1. The van der Waals surface area contributed by atoms with Crippen molar-refractivity contribution in [2.45, 2.75) is 6.04 Å². The molecule has 0 bridgehead atoms. The Hall–Kier alpha value is -3.45. The monoisotopic (exact) mass is 345 g/mol. The Bertz CT molecular complexity index is 1250. The van der Waals surface area contributed by atoms with Crippen LogP contribution in [0.2, 0.25) is 0 Å². The molecule has 0 fully saturated rings. The number of benzene rings is 5. The molecular formula is C26H19N. The number of aliphatic imine (C=N–C) groups is 1. The molecule has 27 heavy (non-hydrogen) atoms. The zero-order valence-electron chi connectivity index (χ0n) is 15.0. The van der Waals surface area contributed by atoms with E-state index in [4.69, 9.17) is 0 Å². The fourth-order valence-corrected chi connectivity index (χ4v) is 4.13. The van der Waals surface area contributed by atoms with E-state index < -0.39 is 0 Å². The topological polar surface area (TPSA) is 12.4 Å². The smallest absolute Gasteiger partial charge is 0.0992 e. The van der Waals surface area contributed by atoms with Gasteiger partial charge in [0.1, 0.15) is 0 Å². The van der Waals surface area contributed by atoms with E-state index >= 15 is 0 Å². The standard InChI is InChI=1S/C26H19N/c1-27-26(18-9-3-2-4-10-18)19-15-16-24-22-13-6-5-11-20(22)21-12-7-8-14-23(21)25(24)17-19/h2-17,26H,1H2. The summed E-state index contributed by atoms with van der Waals surface area (Å²) in [4.78, 5) is 4.43. The third-order valence-corrected chi connectivity index (χ3v) is 5.38. The van der Waals surface area contributed by atoms with Crippen LogP contribution in [-0.4, -0.2) is 6.72 Å². The highest BCUT2D eigenvalue weighted by atomic mass is 14.7. The first-order valence-corrected chi connectivity index (χ1v) is 9.21. The minimum absolute atomic E-state index is 0.0548. The maximum absolute atomic E-state index is 4.43. The molecule has 0 radical (unpaired) electrons. The van der Waals surface area contributed by atoms with Gasteiger partial charge in [0.25, 0.3) is 0 Å². The number of rotatable bonds is 3. The van der Waals surface area contributed by atoms with Crippen LogP contribution in [0.3, 0.4) is 0 Å². The van der Waals surface area contributed by atoms with Crippen LogP contribution in [-0.2, 0) is 0 Å². The van der Waals surface area contributed by atoms with E-state index in [9.17, 15) is 0 Å². The summed E-state index contributed by atoms with van der Waals surface area (Å²) < 4.78 is 0. The SMILES string of the molecule is C=NC(c1ccccc1)c1ccc2c3ccccc3c3ccccc3c2c1. The molecule has 1 atom stereocenters. The third kappa shape index (κ3) is 2.51. The van der Waals surface area contributed by atoms with Gasteiger partial charge < -0.3 is 0 Å². The molecule has 5 rings (SSSR count). The quantitative estimate of drug-likeness (QED) is 0.248. The first kappa shape index (κ1) is 15.8. The predicted octanol–water partition coefficient (Wildman–Crippen LogP) is 6.94. The molecule has 5 aromatic rings. The highest BCUT2D eigenvalue weighted by Crippen LogP contribution is 2.37. The lowest BCUT2D eigenvalue weighted by atomic mass is 9.91. The fourth-order valence-electron chi connectivity index (χ4n) is 4.13. The van der Waals surface area contributed by atoms with E-state index in [0.29, 0.717) is 0 Å². The molecule has 0 saturated carbocycles. The predicted molar refractivity (Wildman–Crippen MR) is 117 cm³/mol. The summed E-state index contributed by atoms with van der Waals surface area (Å²) in [6.45, 7) is 3.86. The Labute approximate surface area is 158 Å². The van der Waals surface area contributed by atoms with Crippen molar-refractivity contribution in [3.05, 3.63) is 108 Å². The van der Waals surface area contributed by atoms with Gasteiger partial charge in [0, 0.05) is 0 Å². The summed E-state index contributed by atoms with van der Waals surface area (Å²) in [5.41, 5.74) is 2.33. The Balaban J connectivity index is 1.85. The molecule has 0 aliphatic carbocycles. The minimum Gasteiger partial charge on any atom is -0.288 e. The zero-order chi connectivity index (χ0) is 18.2. The Kier molecular flexibility index (Phi) is 3.72. The van der Waals surface area contributed by atoms with Crippen LogP contribution >= 0.6 is 0 Å². The van der Waals surface area contributed by atoms with Crippen molar-refractivity contribution in [3.8, 4) is 0 Å². The second-order valence-electron chi connectivity index (χ2n) is 6.89. The lowest BCUT2D eigenvalue weighted by Gasteiger charge is -2.16. The molecule has 1 heteroatoms. The average molecular weight is 345 g/mol. The Morgan fingerprint density at radius 3 is 1.52 bits per heavy atom. The van der Waals surface area contributed by atoms with Crippen LogP contribution in [0.1, 0.15) is 17.2 Å². The molecule has 0 aliphatic heterocycles. The normalized spacial score (nSPS) is 12.4. The van der Waals surface area contributed by atoms with Crippen LogP contribution in [0.4, 0.5) is 0 Å². The highest BCUT2D eigenvalue weighted by molar-refractivity contribution is 6.25. The van der Waals surface area contributed by atoms with Crippen molar-refractivity contribution in [1.82, 2.24) is 0 Å². The van der Waals surface area contributed by atoms with Gasteiger partial charge in [-0.05, 0) is 56.2 Å². The van der Waals surface area contributed by atoms with Crippen molar-refractivity contribution in [2.24, 2.45) is 4.99 Å². The zero-order valence-corrected chi connectivity index (χ0v) is 15.0. The summed E-state index contributed by atoms with van der Waals surface area (Å²) in [6, 6.07) is 34.3. The first-order valence-electron chi connectivity index (χ1n) is 9.21. The number of hydrogen-bond acceptors (Lipinski definition) is 1. The maximum Gasteiger partial charge on any atom is 0.0992 e. The summed E-state index contributed by atoms with van der Waals surface area (Å²) in [5.74, 6) is 0. The van der Waals surface area contributed by atoms with Gasteiger partial charge in [-0.2, -0.15) is 0 Å². The number of fused-ring (bicyclic) bond motifs is 6. The fraction of sp³-hybridized carbons (Fsp3) is 0.0385. The van der Waals surface area contributed by atoms with Crippen LogP contribution < -0.4 is 0 Å². The van der Waals surface area contributed by atoms with Crippen LogP contribution in [0.25, 0.3) is 32.3 Å². The average Bonchev–Trinajstić information content (AvgIpc) is 2.75. The van der Waals surface area contributed by atoms with Gasteiger partial charge in [-0.25, -0.2) is 0 Å². The second-order valence-corrected chi connectivity index (χ2v) is 6.89. The summed E-state index contributed by atoms with van der Waals surface area (Å²) in [5, 5.41) is 7.72. The van der Waals surface area contributed by atoms with Gasteiger partial charge in [0.05, 0.1) is 6.04 Å². The lowest BCUT2D eigenvalue weighted by molar-refractivity contribution is 0.884. The second kappa shape index (κ2) is 6.37. The van der Waals surface area contributed by atoms with Gasteiger partial charge in [0.2, 0.25) is 0 Å². The van der Waals surface area contributed by atoms with Crippen LogP contribution in [0.5, 0.6) is 0 Å². The molecule has 128 valence electrons. The molecule has 1 unspecified atom stereocenters. The first-order chi connectivity index (χ1) is 13.4. The van der Waals surface area contributed by atoms with Gasteiger partial charge in [-0.1, -0.05) is 91.0 Å². The molecule has 0 aromatic heterocycles.